The zero-order valence-corrected chi connectivity index (χ0v) is 10.6. The van der Waals surface area contributed by atoms with Crippen LogP contribution in [0.1, 0.15) is 19.3 Å². The summed E-state index contributed by atoms with van der Waals surface area (Å²) in [5.74, 6) is 0.633. The summed E-state index contributed by atoms with van der Waals surface area (Å²) >= 11 is 0. The average molecular weight is 230 g/mol. The highest BCUT2D eigenvalue weighted by atomic mass is 31.1. The minimum atomic E-state index is -0.980. The van der Waals surface area contributed by atoms with Gasteiger partial charge in [0.05, 0.1) is 6.61 Å². The molecule has 0 radical (unpaired) electrons. The van der Waals surface area contributed by atoms with Gasteiger partial charge in [0.1, 0.15) is 12.8 Å². The van der Waals surface area contributed by atoms with Gasteiger partial charge in [-0.15, -0.1) is 0 Å². The molecule has 0 aromatic carbocycles. The zero-order chi connectivity index (χ0) is 10.9. The smallest absolute Gasteiger partial charge is 0.335 e. The summed E-state index contributed by atoms with van der Waals surface area (Å²) in [7, 11) is 0.811. The van der Waals surface area contributed by atoms with E-state index in [1.807, 2.05) is 6.66 Å². The second-order valence-corrected chi connectivity index (χ2v) is 6.71. The Hall–Kier alpha value is 0.0200. The van der Waals surface area contributed by atoms with E-state index in [9.17, 15) is 4.57 Å². The van der Waals surface area contributed by atoms with Gasteiger partial charge in [-0.1, -0.05) is 4.57 Å². The molecule has 0 amide bonds. The van der Waals surface area contributed by atoms with Gasteiger partial charge in [0.25, 0.3) is 0 Å². The van der Waals surface area contributed by atoms with Gasteiger partial charge in [-0.05, 0) is 25.8 Å². The first-order valence-corrected chi connectivity index (χ1v) is 7.68. The minimum Gasteiger partial charge on any atom is -0.383 e. The topological polar surface area (TPSA) is 29.5 Å². The maximum absolute atomic E-state index is 11.3. The van der Waals surface area contributed by atoms with Crippen LogP contribution in [0.5, 0.6) is 0 Å². The first kappa shape index (κ1) is 11.5. The van der Waals surface area contributed by atoms with Crippen molar-refractivity contribution in [2.45, 2.75) is 24.8 Å². The average Bonchev–Trinajstić information content (AvgIpc) is 2.59. The molecule has 2 heterocycles. The van der Waals surface area contributed by atoms with Crippen LogP contribution in [-0.2, 0) is 9.30 Å². The Kier molecular flexibility index (Phi) is 3.44. The van der Waals surface area contributed by atoms with Gasteiger partial charge < -0.3 is 4.74 Å². The lowest BCUT2D eigenvalue weighted by atomic mass is 9.91. The van der Waals surface area contributed by atoms with Crippen LogP contribution >= 0.6 is 7.80 Å². The predicted molar refractivity (Wildman–Crippen MR) is 61.9 cm³/mol. The van der Waals surface area contributed by atoms with Crippen molar-refractivity contribution in [3.8, 4) is 0 Å². The highest BCUT2D eigenvalue weighted by molar-refractivity contribution is 7.43. The second-order valence-electron chi connectivity index (χ2n) is 5.09. The third kappa shape index (κ3) is 2.25. The Bertz CT molecular complexity index is 259. The SMILES string of the molecule is COC[C@@]12CCCN1C[C@H](C[P+](C)=O)C2. The summed E-state index contributed by atoms with van der Waals surface area (Å²) in [5.41, 5.74) is 0.296. The standard InChI is InChI=1S/C11H21NO2P/c1-14-9-11-4-3-5-12(11)7-10(6-11)8-15(2)13/h10H,3-9H2,1-2H3/q+1/t10-,11+/m1/s1. The fourth-order valence-electron chi connectivity index (χ4n) is 3.40. The van der Waals surface area contributed by atoms with Crippen LogP contribution in [0, 0.1) is 5.92 Å². The van der Waals surface area contributed by atoms with Crippen molar-refractivity contribution >= 4 is 7.80 Å². The largest absolute Gasteiger partial charge is 0.383 e. The van der Waals surface area contributed by atoms with Crippen molar-refractivity contribution in [3.05, 3.63) is 0 Å². The summed E-state index contributed by atoms with van der Waals surface area (Å²) in [5, 5.41) is 0. The van der Waals surface area contributed by atoms with Crippen LogP contribution in [0.2, 0.25) is 0 Å². The molecule has 0 N–H and O–H groups in total. The molecule has 4 heteroatoms. The fourth-order valence-corrected chi connectivity index (χ4v) is 4.37. The molecule has 3 atom stereocenters. The number of hydrogen-bond acceptors (Lipinski definition) is 3. The first-order chi connectivity index (χ1) is 7.16. The zero-order valence-electron chi connectivity index (χ0n) is 9.74. The van der Waals surface area contributed by atoms with Gasteiger partial charge in [0.2, 0.25) is 0 Å². The van der Waals surface area contributed by atoms with E-state index in [0.29, 0.717) is 11.5 Å². The van der Waals surface area contributed by atoms with E-state index in [0.717, 1.165) is 19.3 Å². The maximum Gasteiger partial charge on any atom is 0.335 e. The Balaban J connectivity index is 2.00. The van der Waals surface area contributed by atoms with Crippen molar-refractivity contribution in [2.24, 2.45) is 5.92 Å². The van der Waals surface area contributed by atoms with Crippen molar-refractivity contribution in [2.75, 3.05) is 39.6 Å². The molecule has 0 bridgehead atoms. The third-order valence-electron chi connectivity index (χ3n) is 3.82. The molecule has 2 rings (SSSR count). The normalized spacial score (nSPS) is 36.9. The number of nitrogens with zero attached hydrogens (tertiary/aromatic N) is 1. The van der Waals surface area contributed by atoms with E-state index >= 15 is 0 Å². The number of rotatable bonds is 4. The van der Waals surface area contributed by atoms with Gasteiger partial charge in [-0.25, -0.2) is 0 Å². The van der Waals surface area contributed by atoms with Crippen LogP contribution < -0.4 is 0 Å². The lowest BCUT2D eigenvalue weighted by Gasteiger charge is -2.30. The van der Waals surface area contributed by atoms with Gasteiger partial charge in [-0.3, -0.25) is 4.90 Å². The van der Waals surface area contributed by atoms with E-state index in [2.05, 4.69) is 4.90 Å². The van der Waals surface area contributed by atoms with Crippen LogP contribution in [0.15, 0.2) is 0 Å². The summed E-state index contributed by atoms with van der Waals surface area (Å²) in [6.45, 7) is 5.05. The van der Waals surface area contributed by atoms with Crippen LogP contribution in [0.25, 0.3) is 0 Å². The molecule has 0 aromatic heterocycles. The predicted octanol–water partition coefficient (Wildman–Crippen LogP) is 1.94. The first-order valence-electron chi connectivity index (χ1n) is 5.78. The Morgan fingerprint density at radius 1 is 1.60 bits per heavy atom. The van der Waals surface area contributed by atoms with Crippen LogP contribution in [-0.4, -0.2) is 50.1 Å². The molecule has 2 saturated heterocycles. The molecule has 86 valence electrons. The second kappa shape index (κ2) is 4.48. The van der Waals surface area contributed by atoms with Crippen LogP contribution in [0.4, 0.5) is 0 Å². The Morgan fingerprint density at radius 3 is 3.07 bits per heavy atom. The monoisotopic (exact) mass is 230 g/mol. The quantitative estimate of drug-likeness (QED) is 0.691. The van der Waals surface area contributed by atoms with Crippen LogP contribution in [0.3, 0.4) is 0 Å². The maximum atomic E-state index is 11.3. The molecular formula is C11H21NO2P+. The van der Waals surface area contributed by atoms with Gasteiger partial charge in [-0.2, -0.15) is 0 Å². The molecule has 0 aliphatic carbocycles. The number of fused-ring (bicyclic) bond motifs is 1. The summed E-state index contributed by atoms with van der Waals surface area (Å²) in [6, 6.07) is 0. The molecule has 15 heavy (non-hydrogen) atoms. The van der Waals surface area contributed by atoms with Crippen molar-refractivity contribution in [1.82, 2.24) is 4.90 Å². The highest BCUT2D eigenvalue weighted by Gasteiger charge is 2.49. The van der Waals surface area contributed by atoms with E-state index in [4.69, 9.17) is 4.74 Å². The van der Waals surface area contributed by atoms with E-state index < -0.39 is 7.80 Å². The lowest BCUT2D eigenvalue weighted by molar-refractivity contribution is 0.0654. The molecule has 1 unspecified atom stereocenters. The lowest BCUT2D eigenvalue weighted by Crippen LogP contribution is -2.42. The summed E-state index contributed by atoms with van der Waals surface area (Å²) < 4.78 is 16.6. The summed E-state index contributed by atoms with van der Waals surface area (Å²) in [4.78, 5) is 2.57. The number of methoxy groups -OCH3 is 1. The Labute approximate surface area is 93.0 Å². The highest BCUT2D eigenvalue weighted by Crippen LogP contribution is 2.43. The Morgan fingerprint density at radius 2 is 2.40 bits per heavy atom. The van der Waals surface area contributed by atoms with Crippen molar-refractivity contribution in [3.63, 3.8) is 0 Å². The van der Waals surface area contributed by atoms with E-state index in [1.54, 1.807) is 7.11 Å². The molecule has 3 nitrogen and oxygen atoms in total. The molecule has 0 spiro atoms. The van der Waals surface area contributed by atoms with Gasteiger partial charge in [0, 0.05) is 25.1 Å². The molecular weight excluding hydrogens is 209 g/mol. The van der Waals surface area contributed by atoms with Crippen molar-refractivity contribution < 1.29 is 9.30 Å². The molecule has 2 aliphatic heterocycles. The fraction of sp³-hybridized carbons (Fsp3) is 1.00. The molecule has 0 aromatic rings. The third-order valence-corrected chi connectivity index (χ3v) is 4.85. The molecule has 0 saturated carbocycles. The van der Waals surface area contributed by atoms with Crippen molar-refractivity contribution in [1.29, 1.82) is 0 Å². The number of ether oxygens (including phenoxy) is 1. The minimum absolute atomic E-state index is 0.296. The molecule has 2 fully saturated rings. The summed E-state index contributed by atoms with van der Waals surface area (Å²) in [6.07, 6.45) is 4.65. The van der Waals surface area contributed by atoms with Gasteiger partial charge in [0.15, 0.2) is 0 Å². The van der Waals surface area contributed by atoms with E-state index in [-0.39, 0.29) is 0 Å². The van der Waals surface area contributed by atoms with Gasteiger partial charge >= 0.3 is 7.80 Å². The molecule has 2 aliphatic rings. The van der Waals surface area contributed by atoms with E-state index in [1.165, 1.54) is 25.8 Å². The number of hydrogen-bond donors (Lipinski definition) is 0.